The highest BCUT2D eigenvalue weighted by Crippen LogP contribution is 2.38. The molecule has 2 heterocycles. The smallest absolute Gasteiger partial charge is 0.317 e. The Morgan fingerprint density at radius 2 is 2.12 bits per heavy atom. The molecular weight excluding hydrogens is 318 g/mol. The number of methoxy groups -OCH3 is 1. The summed E-state index contributed by atoms with van der Waals surface area (Å²) >= 11 is 0. The zero-order valence-electron chi connectivity index (χ0n) is 15.3. The molecule has 0 saturated carbocycles. The number of Topliss-reactive ketones (excluding diaryl/α,β-unsaturated/α-hetero) is 1. The minimum absolute atomic E-state index is 0.00152. The van der Waals surface area contributed by atoms with Crippen LogP contribution in [0.2, 0.25) is 0 Å². The Kier molecular flexibility index (Phi) is 5.13. The zero-order valence-corrected chi connectivity index (χ0v) is 15.3. The lowest BCUT2D eigenvalue weighted by Gasteiger charge is -2.41. The van der Waals surface area contributed by atoms with E-state index in [1.54, 1.807) is 0 Å². The van der Waals surface area contributed by atoms with Crippen LogP contribution in [-0.2, 0) is 20.7 Å². The van der Waals surface area contributed by atoms with Gasteiger partial charge in [0, 0.05) is 25.4 Å². The van der Waals surface area contributed by atoms with Crippen molar-refractivity contribution in [3.8, 4) is 5.75 Å². The maximum atomic E-state index is 11.9. The second kappa shape index (κ2) is 7.16. The van der Waals surface area contributed by atoms with Gasteiger partial charge in [-0.15, -0.1) is 0 Å². The van der Waals surface area contributed by atoms with E-state index in [1.165, 1.54) is 12.7 Å². The van der Waals surface area contributed by atoms with Crippen molar-refractivity contribution >= 4 is 11.8 Å². The molecule has 1 saturated heterocycles. The van der Waals surface area contributed by atoms with Gasteiger partial charge in [-0.2, -0.15) is 0 Å². The van der Waals surface area contributed by atoms with Gasteiger partial charge in [0.25, 0.3) is 0 Å². The Labute approximate surface area is 149 Å². The predicted molar refractivity (Wildman–Crippen MR) is 94.5 cm³/mol. The summed E-state index contributed by atoms with van der Waals surface area (Å²) in [6.45, 7) is 6.34. The lowest BCUT2D eigenvalue weighted by molar-refractivity contribution is -0.151. The second-order valence-corrected chi connectivity index (χ2v) is 7.60. The lowest BCUT2D eigenvalue weighted by atomic mass is 9.80. The van der Waals surface area contributed by atoms with Gasteiger partial charge in [-0.25, -0.2) is 0 Å². The summed E-state index contributed by atoms with van der Waals surface area (Å²) in [5.74, 6) is 0.341. The fourth-order valence-corrected chi connectivity index (χ4v) is 3.88. The summed E-state index contributed by atoms with van der Waals surface area (Å²) in [6.07, 6.45) is 2.40. The van der Waals surface area contributed by atoms with E-state index in [4.69, 9.17) is 9.47 Å². The number of fused-ring (bicyclic) bond motifs is 1. The number of benzene rings is 1. The van der Waals surface area contributed by atoms with E-state index >= 15 is 0 Å². The van der Waals surface area contributed by atoms with Crippen LogP contribution in [0.15, 0.2) is 24.3 Å². The van der Waals surface area contributed by atoms with E-state index < -0.39 is 11.9 Å². The Morgan fingerprint density at radius 1 is 1.36 bits per heavy atom. The van der Waals surface area contributed by atoms with Gasteiger partial charge in [0.2, 0.25) is 0 Å². The maximum Gasteiger partial charge on any atom is 0.317 e. The second-order valence-electron chi connectivity index (χ2n) is 7.60. The molecule has 5 heteroatoms. The standard InChI is InChI=1S/C20H27NO4/c1-20(2)15(12-14-6-4-5-7-18(14)25-20)8-10-21-11-9-17(22)16(13-21)19(23)24-3/h4-7,15-16H,8-13H2,1-3H3. The maximum absolute atomic E-state index is 11.9. The van der Waals surface area contributed by atoms with Crippen LogP contribution in [0.25, 0.3) is 0 Å². The van der Waals surface area contributed by atoms with Crippen molar-refractivity contribution in [1.82, 2.24) is 4.90 Å². The molecule has 25 heavy (non-hydrogen) atoms. The summed E-state index contributed by atoms with van der Waals surface area (Å²) in [7, 11) is 1.34. The SMILES string of the molecule is COC(=O)C1CN(CCC2Cc3ccccc3OC2(C)C)CCC1=O. The molecule has 2 aliphatic heterocycles. The number of piperidine rings is 1. The van der Waals surface area contributed by atoms with Crippen molar-refractivity contribution in [2.75, 3.05) is 26.7 Å². The quantitative estimate of drug-likeness (QED) is 0.620. The molecule has 0 aliphatic carbocycles. The minimum atomic E-state index is -0.630. The van der Waals surface area contributed by atoms with Crippen LogP contribution in [0, 0.1) is 11.8 Å². The third kappa shape index (κ3) is 3.87. The van der Waals surface area contributed by atoms with E-state index in [0.29, 0.717) is 18.9 Å². The lowest BCUT2D eigenvalue weighted by Crippen LogP contribution is -2.47. The van der Waals surface area contributed by atoms with Crippen molar-refractivity contribution in [3.05, 3.63) is 29.8 Å². The number of carbonyl (C=O) groups excluding carboxylic acids is 2. The van der Waals surface area contributed by atoms with E-state index in [0.717, 1.165) is 31.7 Å². The number of ketones is 1. The van der Waals surface area contributed by atoms with E-state index in [1.807, 2.05) is 12.1 Å². The molecule has 1 aromatic rings. The molecule has 2 unspecified atom stereocenters. The molecule has 3 rings (SSSR count). The first kappa shape index (κ1) is 17.9. The molecule has 0 radical (unpaired) electrons. The number of rotatable bonds is 4. The molecule has 5 nitrogen and oxygen atoms in total. The van der Waals surface area contributed by atoms with Crippen molar-refractivity contribution < 1.29 is 19.1 Å². The summed E-state index contributed by atoms with van der Waals surface area (Å²) in [5.41, 5.74) is 1.04. The first-order valence-corrected chi connectivity index (χ1v) is 9.00. The van der Waals surface area contributed by atoms with E-state index in [9.17, 15) is 9.59 Å². The Bertz CT molecular complexity index is 647. The molecule has 0 amide bonds. The third-order valence-electron chi connectivity index (χ3n) is 5.58. The Balaban J connectivity index is 1.61. The largest absolute Gasteiger partial charge is 0.487 e. The molecule has 2 atom stereocenters. The Hall–Kier alpha value is -1.88. The number of para-hydroxylation sites is 1. The number of likely N-dealkylation sites (tertiary alicyclic amines) is 1. The summed E-state index contributed by atoms with van der Waals surface area (Å²) in [4.78, 5) is 25.9. The van der Waals surface area contributed by atoms with Gasteiger partial charge in [-0.1, -0.05) is 18.2 Å². The average Bonchev–Trinajstić information content (AvgIpc) is 2.59. The number of hydrogen-bond donors (Lipinski definition) is 0. The van der Waals surface area contributed by atoms with Crippen LogP contribution in [0.3, 0.4) is 0 Å². The van der Waals surface area contributed by atoms with Crippen molar-refractivity contribution in [3.63, 3.8) is 0 Å². The summed E-state index contributed by atoms with van der Waals surface area (Å²) < 4.78 is 11.0. The van der Waals surface area contributed by atoms with Crippen molar-refractivity contribution in [1.29, 1.82) is 0 Å². The number of hydrogen-bond acceptors (Lipinski definition) is 5. The van der Waals surface area contributed by atoms with Crippen LogP contribution in [0.4, 0.5) is 0 Å². The summed E-state index contributed by atoms with van der Waals surface area (Å²) in [6, 6.07) is 8.22. The fourth-order valence-electron chi connectivity index (χ4n) is 3.88. The van der Waals surface area contributed by atoms with Gasteiger partial charge in [-0.3, -0.25) is 9.59 Å². The normalized spacial score (nSPS) is 25.8. The van der Waals surface area contributed by atoms with Gasteiger partial charge >= 0.3 is 5.97 Å². The van der Waals surface area contributed by atoms with E-state index in [-0.39, 0.29) is 11.4 Å². The summed E-state index contributed by atoms with van der Waals surface area (Å²) in [5, 5.41) is 0. The van der Waals surface area contributed by atoms with Gasteiger partial charge in [-0.05, 0) is 44.9 Å². The highest BCUT2D eigenvalue weighted by atomic mass is 16.5. The number of nitrogens with zero attached hydrogens (tertiary/aromatic N) is 1. The first-order chi connectivity index (χ1) is 11.9. The van der Waals surface area contributed by atoms with Crippen LogP contribution in [0.5, 0.6) is 5.75 Å². The molecule has 1 aromatic carbocycles. The highest BCUT2D eigenvalue weighted by molar-refractivity contribution is 5.99. The molecule has 2 aliphatic rings. The highest BCUT2D eigenvalue weighted by Gasteiger charge is 2.38. The van der Waals surface area contributed by atoms with Gasteiger partial charge in [0.1, 0.15) is 23.1 Å². The number of esters is 1. The van der Waals surface area contributed by atoms with Crippen molar-refractivity contribution in [2.45, 2.75) is 38.7 Å². The molecule has 1 fully saturated rings. The monoisotopic (exact) mass is 345 g/mol. The van der Waals surface area contributed by atoms with Crippen LogP contribution in [0.1, 0.15) is 32.3 Å². The number of ether oxygens (including phenoxy) is 2. The van der Waals surface area contributed by atoms with Crippen LogP contribution >= 0.6 is 0 Å². The third-order valence-corrected chi connectivity index (χ3v) is 5.58. The topological polar surface area (TPSA) is 55.8 Å². The molecule has 0 spiro atoms. The molecule has 0 N–H and O–H groups in total. The first-order valence-electron chi connectivity index (χ1n) is 9.00. The predicted octanol–water partition coefficient (Wildman–Crippen LogP) is 2.47. The van der Waals surface area contributed by atoms with E-state index in [2.05, 4.69) is 30.9 Å². The van der Waals surface area contributed by atoms with Crippen LogP contribution < -0.4 is 4.74 Å². The molecular formula is C20H27NO4. The molecule has 0 bridgehead atoms. The zero-order chi connectivity index (χ0) is 18.0. The molecule has 136 valence electrons. The van der Waals surface area contributed by atoms with Gasteiger partial charge < -0.3 is 14.4 Å². The average molecular weight is 345 g/mol. The van der Waals surface area contributed by atoms with Crippen LogP contribution in [-0.4, -0.2) is 49.0 Å². The van der Waals surface area contributed by atoms with Gasteiger partial charge in [0.05, 0.1) is 7.11 Å². The van der Waals surface area contributed by atoms with Crippen molar-refractivity contribution in [2.24, 2.45) is 11.8 Å². The Morgan fingerprint density at radius 3 is 2.88 bits per heavy atom. The number of carbonyl (C=O) groups is 2. The fraction of sp³-hybridized carbons (Fsp3) is 0.600. The molecule has 0 aromatic heterocycles. The van der Waals surface area contributed by atoms with Gasteiger partial charge in [0.15, 0.2) is 0 Å². The minimum Gasteiger partial charge on any atom is -0.487 e.